The molecule has 1 aliphatic heterocycles. The molecule has 1 aliphatic rings. The number of methoxy groups -OCH3 is 1. The van der Waals surface area contributed by atoms with E-state index in [0.717, 1.165) is 44.1 Å². The Kier molecular flexibility index (Phi) is 7.01. The number of hydrogen-bond donors (Lipinski definition) is 1. The van der Waals surface area contributed by atoms with E-state index in [2.05, 4.69) is 31.5 Å². The van der Waals surface area contributed by atoms with Crippen molar-refractivity contribution in [3.63, 3.8) is 0 Å². The van der Waals surface area contributed by atoms with Crippen LogP contribution in [0, 0.1) is 0 Å². The van der Waals surface area contributed by atoms with Gasteiger partial charge in [-0.25, -0.2) is 18.4 Å². The van der Waals surface area contributed by atoms with Gasteiger partial charge in [0.05, 0.1) is 17.0 Å². The zero-order chi connectivity index (χ0) is 22.7. The molecule has 0 aliphatic carbocycles. The molecule has 2 aromatic heterocycles. The largest absolute Gasteiger partial charge is 0.493 e. The van der Waals surface area contributed by atoms with Gasteiger partial charge >= 0.3 is 0 Å². The molecule has 4 rings (SSSR count). The quantitative estimate of drug-likeness (QED) is 0.507. The van der Waals surface area contributed by atoms with Crippen LogP contribution in [0.15, 0.2) is 34.8 Å². The second-order valence-electron chi connectivity index (χ2n) is 7.40. The Bertz CT molecular complexity index is 1200. The fraction of sp³-hybridized carbons (Fsp3) is 0.400. The zero-order valence-electron chi connectivity index (χ0n) is 17.7. The minimum Gasteiger partial charge on any atom is -0.493 e. The van der Waals surface area contributed by atoms with Crippen molar-refractivity contribution in [1.82, 2.24) is 19.8 Å². The van der Waals surface area contributed by atoms with E-state index in [4.69, 9.17) is 21.1 Å². The summed E-state index contributed by atoms with van der Waals surface area (Å²) >= 11 is 6.85. The third kappa shape index (κ3) is 5.24. The Morgan fingerprint density at radius 1 is 1.16 bits per heavy atom. The number of thiophene rings is 1. The molecule has 0 radical (unpaired) electrons. The van der Waals surface area contributed by atoms with Crippen LogP contribution in [-0.4, -0.2) is 81.7 Å². The topological polar surface area (TPSA) is 96.9 Å². The monoisotopic (exact) mass is 497 g/mol. The number of anilines is 1. The van der Waals surface area contributed by atoms with Gasteiger partial charge in [-0.3, -0.25) is 9.62 Å². The molecule has 1 fully saturated rings. The van der Waals surface area contributed by atoms with Crippen LogP contribution >= 0.6 is 22.9 Å². The molecule has 0 saturated carbocycles. The van der Waals surface area contributed by atoms with Gasteiger partial charge in [-0.15, -0.1) is 11.3 Å². The highest BCUT2D eigenvalue weighted by molar-refractivity contribution is 7.94. The molecule has 0 amide bonds. The summed E-state index contributed by atoms with van der Waals surface area (Å²) in [4.78, 5) is 13.1. The number of fused-ring (bicyclic) bond motifs is 1. The number of piperazine rings is 1. The molecule has 0 atom stereocenters. The van der Waals surface area contributed by atoms with Crippen molar-refractivity contribution < 1.29 is 17.9 Å². The minimum atomic E-state index is -3.83. The third-order valence-corrected chi connectivity index (χ3v) is 8.29. The Hall–Kier alpha value is -2.18. The smallest absolute Gasteiger partial charge is 0.272 e. The lowest BCUT2D eigenvalue weighted by molar-refractivity contribution is 0.133. The predicted molar refractivity (Wildman–Crippen MR) is 126 cm³/mol. The molecule has 1 N–H and O–H groups in total. The number of hydrogen-bond acceptors (Lipinski definition) is 9. The first-order valence-electron chi connectivity index (χ1n) is 10.0. The van der Waals surface area contributed by atoms with E-state index in [0.29, 0.717) is 33.3 Å². The van der Waals surface area contributed by atoms with Crippen LogP contribution in [-0.2, 0) is 10.0 Å². The van der Waals surface area contributed by atoms with Crippen LogP contribution < -0.4 is 14.2 Å². The van der Waals surface area contributed by atoms with E-state index in [1.807, 2.05) is 0 Å². The summed E-state index contributed by atoms with van der Waals surface area (Å²) < 4.78 is 39.9. The molecule has 9 nitrogen and oxygen atoms in total. The molecule has 32 heavy (non-hydrogen) atoms. The SMILES string of the molecule is COc1cc2c(NS(=O)(=O)c3ccc(Cl)s3)ncnc2cc1OCCN1CCN(C)CC1. The van der Waals surface area contributed by atoms with Gasteiger partial charge in [0, 0.05) is 44.2 Å². The van der Waals surface area contributed by atoms with E-state index in [1.165, 1.54) is 25.6 Å². The highest BCUT2D eigenvalue weighted by Gasteiger charge is 2.20. The van der Waals surface area contributed by atoms with Crippen molar-refractivity contribution in [3.8, 4) is 11.5 Å². The Morgan fingerprint density at radius 3 is 2.62 bits per heavy atom. The summed E-state index contributed by atoms with van der Waals surface area (Å²) in [6.07, 6.45) is 1.31. The van der Waals surface area contributed by atoms with Gasteiger partial charge in [-0.1, -0.05) is 11.6 Å². The van der Waals surface area contributed by atoms with Gasteiger partial charge in [-0.2, -0.15) is 0 Å². The summed E-state index contributed by atoms with van der Waals surface area (Å²) in [6, 6.07) is 6.40. The van der Waals surface area contributed by atoms with E-state index in [9.17, 15) is 8.42 Å². The maximum absolute atomic E-state index is 12.7. The maximum Gasteiger partial charge on any atom is 0.272 e. The van der Waals surface area contributed by atoms with Gasteiger partial charge < -0.3 is 14.4 Å². The average molecular weight is 498 g/mol. The second-order valence-corrected chi connectivity index (χ2v) is 11.0. The Balaban J connectivity index is 1.53. The van der Waals surface area contributed by atoms with Crippen LogP contribution in [0.25, 0.3) is 10.9 Å². The summed E-state index contributed by atoms with van der Waals surface area (Å²) in [5.41, 5.74) is 0.539. The molecule has 0 spiro atoms. The van der Waals surface area contributed by atoms with Gasteiger partial charge in [-0.05, 0) is 25.2 Å². The number of sulfonamides is 1. The number of nitrogens with one attached hydrogen (secondary N) is 1. The van der Waals surface area contributed by atoms with Crippen molar-refractivity contribution in [2.45, 2.75) is 4.21 Å². The standard InChI is InChI=1S/C20H24ClN5O4S2/c1-25-5-7-26(8-6-25)9-10-30-17-12-15-14(11-16(17)29-2)20(23-13-22-15)24-32(27,28)19-4-3-18(21)31-19/h3-4,11-13H,5-10H2,1-2H3,(H,22,23,24). The fourth-order valence-electron chi connectivity index (χ4n) is 3.39. The molecule has 0 bridgehead atoms. The van der Waals surface area contributed by atoms with Crippen LogP contribution in [0.2, 0.25) is 4.34 Å². The molecule has 172 valence electrons. The van der Waals surface area contributed by atoms with Crippen molar-refractivity contribution in [2.75, 3.05) is 58.2 Å². The zero-order valence-corrected chi connectivity index (χ0v) is 20.1. The van der Waals surface area contributed by atoms with Crippen LogP contribution in [0.4, 0.5) is 5.82 Å². The second kappa shape index (κ2) is 9.75. The lowest BCUT2D eigenvalue weighted by Gasteiger charge is -2.32. The summed E-state index contributed by atoms with van der Waals surface area (Å²) in [5.74, 6) is 1.18. The first-order chi connectivity index (χ1) is 15.4. The fourth-order valence-corrected chi connectivity index (χ4v) is 5.91. The highest BCUT2D eigenvalue weighted by Crippen LogP contribution is 2.35. The van der Waals surface area contributed by atoms with Crippen molar-refractivity contribution >= 4 is 49.7 Å². The number of likely N-dealkylation sites (N-methyl/N-ethyl adjacent to an activating group) is 1. The predicted octanol–water partition coefficient (Wildman–Crippen LogP) is 2.78. The van der Waals surface area contributed by atoms with Crippen molar-refractivity contribution in [1.29, 1.82) is 0 Å². The van der Waals surface area contributed by atoms with Crippen LogP contribution in [0.3, 0.4) is 0 Å². The van der Waals surface area contributed by atoms with Crippen molar-refractivity contribution in [3.05, 3.63) is 34.9 Å². The van der Waals surface area contributed by atoms with E-state index in [-0.39, 0.29) is 10.0 Å². The van der Waals surface area contributed by atoms with E-state index >= 15 is 0 Å². The van der Waals surface area contributed by atoms with Crippen molar-refractivity contribution in [2.24, 2.45) is 0 Å². The number of halogens is 1. The van der Waals surface area contributed by atoms with E-state index in [1.54, 1.807) is 12.1 Å². The average Bonchev–Trinajstić information content (AvgIpc) is 3.22. The van der Waals surface area contributed by atoms with Gasteiger partial charge in [0.15, 0.2) is 17.3 Å². The number of rotatable bonds is 8. The van der Waals surface area contributed by atoms with Crippen LogP contribution in [0.1, 0.15) is 0 Å². The lowest BCUT2D eigenvalue weighted by Crippen LogP contribution is -2.45. The summed E-state index contributed by atoms with van der Waals surface area (Å²) in [7, 11) is -0.169. The Morgan fingerprint density at radius 2 is 1.94 bits per heavy atom. The molecule has 1 saturated heterocycles. The van der Waals surface area contributed by atoms with E-state index < -0.39 is 10.0 Å². The first-order valence-corrected chi connectivity index (χ1v) is 12.7. The minimum absolute atomic E-state index is 0.102. The molecule has 3 aromatic rings. The number of ether oxygens (including phenoxy) is 2. The highest BCUT2D eigenvalue weighted by atomic mass is 35.5. The molecule has 12 heteroatoms. The number of nitrogens with zero attached hydrogens (tertiary/aromatic N) is 4. The normalized spacial score (nSPS) is 15.7. The van der Waals surface area contributed by atoms with Gasteiger partial charge in [0.25, 0.3) is 10.0 Å². The number of aromatic nitrogens is 2. The molecular weight excluding hydrogens is 474 g/mol. The third-order valence-electron chi connectivity index (χ3n) is 5.23. The molecule has 0 unspecified atom stereocenters. The summed E-state index contributed by atoms with van der Waals surface area (Å²) in [5, 5.41) is 0.502. The van der Waals surface area contributed by atoms with Gasteiger partial charge in [0.1, 0.15) is 17.1 Å². The molecular formula is C20H24ClN5O4S2. The first kappa shape index (κ1) is 23.0. The van der Waals surface area contributed by atoms with Gasteiger partial charge in [0.2, 0.25) is 0 Å². The van der Waals surface area contributed by atoms with Crippen LogP contribution in [0.5, 0.6) is 11.5 Å². The molecule has 1 aromatic carbocycles. The maximum atomic E-state index is 12.7. The molecule has 3 heterocycles. The number of benzene rings is 1. The Labute approximate surface area is 196 Å². The lowest BCUT2D eigenvalue weighted by atomic mass is 10.2. The summed E-state index contributed by atoms with van der Waals surface area (Å²) in [6.45, 7) is 5.45.